The van der Waals surface area contributed by atoms with Crippen molar-refractivity contribution in [2.24, 2.45) is 5.16 Å². The predicted molar refractivity (Wildman–Crippen MR) is 122 cm³/mol. The van der Waals surface area contributed by atoms with Gasteiger partial charge in [0.05, 0.1) is 11.3 Å². The number of aliphatic hydroxyl groups is 1. The minimum atomic E-state index is -0.0709. The van der Waals surface area contributed by atoms with E-state index in [-0.39, 0.29) is 22.4 Å². The molecule has 1 aromatic heterocycles. The van der Waals surface area contributed by atoms with Crippen molar-refractivity contribution in [2.45, 2.75) is 71.1 Å². The molecular weight excluding hydrogens is 388 g/mol. The molecule has 2 aliphatic carbocycles. The Morgan fingerprint density at radius 3 is 2.19 bits per heavy atom. The number of fused-ring (bicyclic) bond motifs is 1. The van der Waals surface area contributed by atoms with Crippen LogP contribution in [0.3, 0.4) is 0 Å². The number of benzene rings is 1. The number of ketones is 1. The van der Waals surface area contributed by atoms with E-state index in [1.807, 2.05) is 6.92 Å². The Bertz CT molecular complexity index is 1120. The highest BCUT2D eigenvalue weighted by Crippen LogP contribution is 2.46. The maximum Gasteiger partial charge on any atom is 0.167 e. The van der Waals surface area contributed by atoms with Crippen molar-refractivity contribution in [1.82, 2.24) is 4.98 Å². The van der Waals surface area contributed by atoms with Gasteiger partial charge in [-0.3, -0.25) is 9.78 Å². The van der Waals surface area contributed by atoms with Gasteiger partial charge in [0, 0.05) is 30.2 Å². The van der Waals surface area contributed by atoms with Gasteiger partial charge in [-0.05, 0) is 59.4 Å². The first kappa shape index (κ1) is 21.3. The molecule has 0 amide bonds. The fraction of sp³-hybridized carbons (Fsp3) is 0.423. The first-order valence-corrected chi connectivity index (χ1v) is 10.9. The van der Waals surface area contributed by atoms with Gasteiger partial charge < -0.3 is 10.3 Å². The Kier molecular flexibility index (Phi) is 5.03. The molecule has 2 N–H and O–H groups in total. The van der Waals surface area contributed by atoms with Crippen molar-refractivity contribution in [3.05, 3.63) is 69.7 Å². The predicted octanol–water partition coefficient (Wildman–Crippen LogP) is 5.60. The molecule has 5 nitrogen and oxygen atoms in total. The monoisotopic (exact) mass is 418 g/mol. The lowest BCUT2D eigenvalue weighted by Gasteiger charge is -2.42. The molecule has 162 valence electrons. The van der Waals surface area contributed by atoms with Crippen LogP contribution in [0.4, 0.5) is 0 Å². The number of aliphatic hydroxyl groups excluding tert-OH is 1. The number of pyridine rings is 1. The molecule has 0 bridgehead atoms. The lowest BCUT2D eigenvalue weighted by molar-refractivity contribution is -0.113. The van der Waals surface area contributed by atoms with Crippen LogP contribution in [-0.4, -0.2) is 26.8 Å². The van der Waals surface area contributed by atoms with Gasteiger partial charge in [-0.15, -0.1) is 0 Å². The number of oxime groups is 1. The standard InChI is InChI=1S/C26H30N2O3/c1-15-12-18-19(26(4,5)11-10-25(18,2)3)13-17(15)24(28-31)20-7-6-16(14-27-20)23-21(29)8-9-22(23)30/h6-7,12-14,29,31H,8-11H2,1-5H3/b28-24-. The Morgan fingerprint density at radius 1 is 1.03 bits per heavy atom. The molecule has 0 saturated heterocycles. The molecule has 31 heavy (non-hydrogen) atoms. The number of aryl methyl sites for hydroxylation is 1. The van der Waals surface area contributed by atoms with Gasteiger partial charge in [-0.1, -0.05) is 45.0 Å². The molecule has 0 radical (unpaired) electrons. The quantitative estimate of drug-likeness (QED) is 0.386. The van der Waals surface area contributed by atoms with Crippen LogP contribution in [0.15, 0.2) is 41.4 Å². The number of carbonyl (C=O) groups excluding carboxylic acids is 1. The number of rotatable bonds is 3. The van der Waals surface area contributed by atoms with Gasteiger partial charge in [-0.2, -0.15) is 0 Å². The number of hydrogen-bond donors (Lipinski definition) is 2. The summed E-state index contributed by atoms with van der Waals surface area (Å²) in [5.74, 6) is 0.0458. The van der Waals surface area contributed by atoms with Gasteiger partial charge in [0.15, 0.2) is 5.78 Å². The van der Waals surface area contributed by atoms with Crippen molar-refractivity contribution < 1.29 is 15.1 Å². The molecule has 2 aromatic rings. The third-order valence-electron chi connectivity index (χ3n) is 7.00. The van der Waals surface area contributed by atoms with Gasteiger partial charge in [0.2, 0.25) is 0 Å². The minimum Gasteiger partial charge on any atom is -0.512 e. The van der Waals surface area contributed by atoms with Crippen molar-refractivity contribution in [3.8, 4) is 0 Å². The van der Waals surface area contributed by atoms with E-state index >= 15 is 0 Å². The highest BCUT2D eigenvalue weighted by atomic mass is 16.4. The van der Waals surface area contributed by atoms with E-state index in [0.29, 0.717) is 35.4 Å². The second-order valence-electron chi connectivity index (χ2n) is 10.1. The van der Waals surface area contributed by atoms with Crippen molar-refractivity contribution in [2.75, 3.05) is 0 Å². The van der Waals surface area contributed by atoms with E-state index in [9.17, 15) is 15.1 Å². The first-order chi connectivity index (χ1) is 14.5. The fourth-order valence-electron chi connectivity index (χ4n) is 4.87. The van der Waals surface area contributed by atoms with Gasteiger partial charge in [0.25, 0.3) is 0 Å². The molecule has 0 spiro atoms. The Balaban J connectivity index is 1.77. The molecule has 1 heterocycles. The number of allylic oxidation sites excluding steroid dienone is 2. The Labute approximate surface area is 183 Å². The zero-order valence-electron chi connectivity index (χ0n) is 18.9. The number of nitrogens with zero attached hydrogens (tertiary/aromatic N) is 2. The van der Waals surface area contributed by atoms with E-state index < -0.39 is 0 Å². The minimum absolute atomic E-state index is 0.0397. The van der Waals surface area contributed by atoms with Crippen molar-refractivity contribution >= 4 is 17.1 Å². The van der Waals surface area contributed by atoms with Crippen LogP contribution in [-0.2, 0) is 15.6 Å². The summed E-state index contributed by atoms with van der Waals surface area (Å²) in [6.45, 7) is 11.1. The Morgan fingerprint density at radius 2 is 1.68 bits per heavy atom. The maximum absolute atomic E-state index is 12.1. The summed E-state index contributed by atoms with van der Waals surface area (Å²) in [5.41, 5.74) is 6.53. The number of aromatic nitrogens is 1. The van der Waals surface area contributed by atoms with Gasteiger partial charge in [0.1, 0.15) is 11.5 Å². The zero-order valence-corrected chi connectivity index (χ0v) is 18.9. The summed E-state index contributed by atoms with van der Waals surface area (Å²) in [4.78, 5) is 16.5. The maximum atomic E-state index is 12.1. The number of Topliss-reactive ketones (excluding diaryl/α,β-unsaturated/α-hetero) is 1. The second kappa shape index (κ2) is 7.33. The summed E-state index contributed by atoms with van der Waals surface area (Å²) < 4.78 is 0. The Hall–Kier alpha value is -2.95. The second-order valence-corrected chi connectivity index (χ2v) is 10.1. The highest BCUT2D eigenvalue weighted by Gasteiger charge is 2.38. The summed E-state index contributed by atoms with van der Waals surface area (Å²) in [6.07, 6.45) is 4.50. The summed E-state index contributed by atoms with van der Waals surface area (Å²) in [5, 5.41) is 23.5. The number of carbonyl (C=O) groups is 1. The SMILES string of the molecule is Cc1cc2c(cc1/C(=N/O)c1ccc(C3=C(O)CCC3=O)cn1)C(C)(C)CCC2(C)C. The molecule has 0 unspecified atom stereocenters. The van der Waals surface area contributed by atoms with Gasteiger partial charge >= 0.3 is 0 Å². The molecule has 1 aromatic carbocycles. The third kappa shape index (κ3) is 3.56. The summed E-state index contributed by atoms with van der Waals surface area (Å²) in [7, 11) is 0. The zero-order chi connectivity index (χ0) is 22.6. The summed E-state index contributed by atoms with van der Waals surface area (Å²) in [6, 6.07) is 7.88. The molecule has 0 saturated carbocycles. The van der Waals surface area contributed by atoms with E-state index in [1.54, 1.807) is 18.3 Å². The van der Waals surface area contributed by atoms with E-state index in [4.69, 9.17) is 0 Å². The molecule has 2 aliphatic rings. The van der Waals surface area contributed by atoms with Crippen LogP contribution in [0.1, 0.15) is 86.9 Å². The molecular formula is C26H30N2O3. The van der Waals surface area contributed by atoms with Crippen LogP contribution in [0.5, 0.6) is 0 Å². The molecule has 4 rings (SSSR count). The average Bonchev–Trinajstić information content (AvgIpc) is 3.06. The largest absolute Gasteiger partial charge is 0.512 e. The highest BCUT2D eigenvalue weighted by molar-refractivity contribution is 6.23. The lowest BCUT2D eigenvalue weighted by Crippen LogP contribution is -2.34. The summed E-state index contributed by atoms with van der Waals surface area (Å²) >= 11 is 0. The van der Waals surface area contributed by atoms with Crippen LogP contribution >= 0.6 is 0 Å². The lowest BCUT2D eigenvalue weighted by atomic mass is 9.62. The van der Waals surface area contributed by atoms with Gasteiger partial charge in [-0.25, -0.2) is 0 Å². The van der Waals surface area contributed by atoms with E-state index in [2.05, 4.69) is 50.0 Å². The fourth-order valence-corrected chi connectivity index (χ4v) is 4.87. The van der Waals surface area contributed by atoms with E-state index in [0.717, 1.165) is 24.0 Å². The smallest absolute Gasteiger partial charge is 0.167 e. The van der Waals surface area contributed by atoms with Crippen LogP contribution in [0.2, 0.25) is 0 Å². The number of hydrogen-bond acceptors (Lipinski definition) is 5. The average molecular weight is 419 g/mol. The topological polar surface area (TPSA) is 82.8 Å². The normalized spacial score (nSPS) is 20.2. The molecule has 5 heteroatoms. The first-order valence-electron chi connectivity index (χ1n) is 10.9. The van der Waals surface area contributed by atoms with Crippen molar-refractivity contribution in [1.29, 1.82) is 0 Å². The van der Waals surface area contributed by atoms with Crippen LogP contribution < -0.4 is 0 Å². The van der Waals surface area contributed by atoms with Crippen LogP contribution in [0.25, 0.3) is 5.57 Å². The molecule has 0 atom stereocenters. The molecule has 0 aliphatic heterocycles. The van der Waals surface area contributed by atoms with E-state index in [1.165, 1.54) is 11.1 Å². The van der Waals surface area contributed by atoms with Crippen LogP contribution in [0, 0.1) is 6.92 Å². The van der Waals surface area contributed by atoms with Crippen molar-refractivity contribution in [3.63, 3.8) is 0 Å². The third-order valence-corrected chi connectivity index (χ3v) is 7.00. The molecule has 0 fully saturated rings.